The lowest BCUT2D eigenvalue weighted by atomic mass is 10.1. The highest BCUT2D eigenvalue weighted by atomic mass is 79.9. The Hall–Kier alpha value is -1.40. The normalized spacial score (nSPS) is 11.1. The second kappa shape index (κ2) is 4.61. The van der Waals surface area contributed by atoms with E-state index in [1.807, 2.05) is 31.4 Å². The van der Waals surface area contributed by atoms with Gasteiger partial charge in [0, 0.05) is 39.3 Å². The number of hydrogen-bond acceptors (Lipinski definition) is 3. The van der Waals surface area contributed by atoms with Gasteiger partial charge in [-0.05, 0) is 34.1 Å². The molecule has 0 radical (unpaired) electrons. The van der Waals surface area contributed by atoms with Gasteiger partial charge in [0.05, 0.1) is 11.2 Å². The third kappa shape index (κ3) is 2.04. The van der Waals surface area contributed by atoms with Crippen LogP contribution in [0.4, 0.5) is 5.95 Å². The molecule has 3 aromatic rings. The molecule has 0 spiro atoms. The van der Waals surface area contributed by atoms with E-state index < -0.39 is 0 Å². The molecule has 0 amide bonds. The fraction of sp³-hybridized carbons (Fsp3) is 0.0769. The van der Waals surface area contributed by atoms with Crippen molar-refractivity contribution in [3.8, 4) is 11.3 Å². The van der Waals surface area contributed by atoms with Gasteiger partial charge in [0.2, 0.25) is 5.95 Å². The van der Waals surface area contributed by atoms with E-state index in [0.717, 1.165) is 31.1 Å². The molecule has 2 aromatic heterocycles. The predicted molar refractivity (Wildman–Crippen MR) is 83.8 cm³/mol. The highest BCUT2D eigenvalue weighted by molar-refractivity contribution is 9.11. The summed E-state index contributed by atoms with van der Waals surface area (Å²) in [5.74, 6) is 0.278. The lowest BCUT2D eigenvalue weighted by molar-refractivity contribution is 0.966. The summed E-state index contributed by atoms with van der Waals surface area (Å²) in [6.07, 6.45) is 3.71. The molecule has 2 heterocycles. The van der Waals surface area contributed by atoms with Crippen molar-refractivity contribution in [3.63, 3.8) is 0 Å². The van der Waals surface area contributed by atoms with E-state index in [0.29, 0.717) is 0 Å². The molecule has 0 aliphatic carbocycles. The summed E-state index contributed by atoms with van der Waals surface area (Å²) >= 11 is 7.19. The number of nitrogen functional groups attached to an aromatic ring is 1. The summed E-state index contributed by atoms with van der Waals surface area (Å²) < 4.78 is 4.14. The Morgan fingerprint density at radius 1 is 1.16 bits per heavy atom. The number of nitrogens with zero attached hydrogens (tertiary/aromatic N) is 3. The molecule has 0 aliphatic heterocycles. The first kappa shape index (κ1) is 12.6. The van der Waals surface area contributed by atoms with Crippen molar-refractivity contribution in [2.45, 2.75) is 0 Å². The summed E-state index contributed by atoms with van der Waals surface area (Å²) in [5.41, 5.74) is 8.62. The van der Waals surface area contributed by atoms with Crippen LogP contribution in [0.5, 0.6) is 0 Å². The third-order valence-corrected chi connectivity index (χ3v) is 4.27. The molecular formula is C13H10Br2N4. The quantitative estimate of drug-likeness (QED) is 0.698. The first-order chi connectivity index (χ1) is 9.08. The van der Waals surface area contributed by atoms with Gasteiger partial charge in [0.1, 0.15) is 0 Å². The Bertz CT molecular complexity index is 780. The Kier molecular flexibility index (Phi) is 3.06. The highest BCUT2D eigenvalue weighted by Gasteiger charge is 2.15. The molecule has 0 atom stereocenters. The van der Waals surface area contributed by atoms with E-state index in [-0.39, 0.29) is 5.95 Å². The fourth-order valence-electron chi connectivity index (χ4n) is 2.18. The Labute approximate surface area is 126 Å². The maximum atomic E-state index is 5.66. The number of fused-ring (bicyclic) bond motifs is 1. The van der Waals surface area contributed by atoms with Crippen LogP contribution in [0.2, 0.25) is 0 Å². The monoisotopic (exact) mass is 380 g/mol. The minimum absolute atomic E-state index is 0.278. The van der Waals surface area contributed by atoms with Crippen molar-refractivity contribution < 1.29 is 0 Å². The Balaban J connectivity index is 2.40. The number of benzene rings is 1. The van der Waals surface area contributed by atoms with Crippen molar-refractivity contribution >= 4 is 48.7 Å². The maximum Gasteiger partial charge on any atom is 0.220 e. The number of aryl methyl sites for hydroxylation is 1. The van der Waals surface area contributed by atoms with Crippen molar-refractivity contribution in [2.75, 3.05) is 5.73 Å². The number of anilines is 1. The van der Waals surface area contributed by atoms with E-state index in [1.165, 1.54) is 0 Å². The minimum Gasteiger partial charge on any atom is -0.368 e. The van der Waals surface area contributed by atoms with Crippen LogP contribution in [0, 0.1) is 0 Å². The first-order valence-electron chi connectivity index (χ1n) is 5.60. The average Bonchev–Trinajstić information content (AvgIpc) is 2.73. The topological polar surface area (TPSA) is 56.7 Å². The summed E-state index contributed by atoms with van der Waals surface area (Å²) in [5, 5.41) is 1.11. The lowest BCUT2D eigenvalue weighted by Gasteiger charge is -2.03. The summed E-state index contributed by atoms with van der Waals surface area (Å²) in [6.45, 7) is 0. The third-order valence-electron chi connectivity index (χ3n) is 2.97. The van der Waals surface area contributed by atoms with E-state index in [1.54, 1.807) is 6.20 Å². The van der Waals surface area contributed by atoms with E-state index >= 15 is 0 Å². The molecule has 1 aromatic carbocycles. The summed E-state index contributed by atoms with van der Waals surface area (Å²) in [6, 6.07) is 5.89. The summed E-state index contributed by atoms with van der Waals surface area (Å²) in [4.78, 5) is 8.23. The van der Waals surface area contributed by atoms with Crippen LogP contribution in [0.3, 0.4) is 0 Å². The number of rotatable bonds is 1. The van der Waals surface area contributed by atoms with E-state index in [2.05, 4.69) is 46.4 Å². The molecule has 96 valence electrons. The van der Waals surface area contributed by atoms with Crippen LogP contribution in [-0.4, -0.2) is 14.5 Å². The zero-order valence-electron chi connectivity index (χ0n) is 10.1. The molecule has 0 bridgehead atoms. The average molecular weight is 382 g/mol. The van der Waals surface area contributed by atoms with E-state index in [4.69, 9.17) is 5.73 Å². The SMILES string of the molecule is Cn1cc(-c2ccnc(N)n2)c2c(Br)ccc(Br)c21. The van der Waals surface area contributed by atoms with Crippen LogP contribution in [0.25, 0.3) is 22.2 Å². The standard InChI is InChI=1S/C13H10Br2N4/c1-19-6-7(10-4-5-17-13(16)18-10)11-8(14)2-3-9(15)12(11)19/h2-6H,1H3,(H2,16,17,18). The first-order valence-corrected chi connectivity index (χ1v) is 7.18. The molecule has 3 rings (SSSR count). The number of halogens is 2. The van der Waals surface area contributed by atoms with Gasteiger partial charge >= 0.3 is 0 Å². The fourth-order valence-corrected chi connectivity index (χ4v) is 3.33. The van der Waals surface area contributed by atoms with Crippen LogP contribution in [0.1, 0.15) is 0 Å². The van der Waals surface area contributed by atoms with Crippen LogP contribution < -0.4 is 5.73 Å². The molecule has 4 nitrogen and oxygen atoms in total. The number of hydrogen-bond donors (Lipinski definition) is 1. The van der Waals surface area contributed by atoms with Gasteiger partial charge < -0.3 is 10.3 Å². The van der Waals surface area contributed by atoms with Gasteiger partial charge in [-0.3, -0.25) is 0 Å². The van der Waals surface area contributed by atoms with Crippen LogP contribution >= 0.6 is 31.9 Å². The van der Waals surface area contributed by atoms with Crippen LogP contribution in [0.15, 0.2) is 39.5 Å². The zero-order valence-corrected chi connectivity index (χ0v) is 13.2. The maximum absolute atomic E-state index is 5.66. The summed E-state index contributed by atoms with van der Waals surface area (Å²) in [7, 11) is 2.01. The molecule has 0 fully saturated rings. The smallest absolute Gasteiger partial charge is 0.220 e. The molecular weight excluding hydrogens is 372 g/mol. The van der Waals surface area contributed by atoms with Gasteiger partial charge in [0.25, 0.3) is 0 Å². The predicted octanol–water partition coefficient (Wildman–Crippen LogP) is 3.74. The molecule has 0 saturated carbocycles. The minimum atomic E-state index is 0.278. The Morgan fingerprint density at radius 3 is 2.63 bits per heavy atom. The molecule has 19 heavy (non-hydrogen) atoms. The highest BCUT2D eigenvalue weighted by Crippen LogP contribution is 2.38. The Morgan fingerprint density at radius 2 is 1.89 bits per heavy atom. The molecule has 2 N–H and O–H groups in total. The second-order valence-corrected chi connectivity index (χ2v) is 5.92. The van der Waals surface area contributed by atoms with Gasteiger partial charge in [0.15, 0.2) is 0 Å². The van der Waals surface area contributed by atoms with Gasteiger partial charge in [-0.1, -0.05) is 15.9 Å². The lowest BCUT2D eigenvalue weighted by Crippen LogP contribution is -1.94. The van der Waals surface area contributed by atoms with Crippen molar-refractivity contribution in [1.82, 2.24) is 14.5 Å². The van der Waals surface area contributed by atoms with Crippen molar-refractivity contribution in [1.29, 1.82) is 0 Å². The largest absolute Gasteiger partial charge is 0.368 e. The number of nitrogens with two attached hydrogens (primary N) is 1. The van der Waals surface area contributed by atoms with Crippen molar-refractivity contribution in [3.05, 3.63) is 39.5 Å². The second-order valence-electron chi connectivity index (χ2n) is 4.21. The molecule has 0 unspecified atom stereocenters. The van der Waals surface area contributed by atoms with Crippen molar-refractivity contribution in [2.24, 2.45) is 7.05 Å². The number of aromatic nitrogens is 3. The van der Waals surface area contributed by atoms with Crippen LogP contribution in [-0.2, 0) is 7.05 Å². The molecule has 0 saturated heterocycles. The molecule has 0 aliphatic rings. The van der Waals surface area contributed by atoms with Gasteiger partial charge in [-0.2, -0.15) is 0 Å². The van der Waals surface area contributed by atoms with Gasteiger partial charge in [-0.25, -0.2) is 9.97 Å². The van der Waals surface area contributed by atoms with E-state index in [9.17, 15) is 0 Å². The van der Waals surface area contributed by atoms with Gasteiger partial charge in [-0.15, -0.1) is 0 Å². The zero-order chi connectivity index (χ0) is 13.6. The molecule has 6 heteroatoms.